The van der Waals surface area contributed by atoms with Gasteiger partial charge in [-0.15, -0.1) is 0 Å². The van der Waals surface area contributed by atoms with Crippen molar-refractivity contribution in [3.8, 4) is 0 Å². The van der Waals surface area contributed by atoms with Crippen LogP contribution in [0.2, 0.25) is 0 Å². The Morgan fingerprint density at radius 2 is 2.21 bits per heavy atom. The SMILES string of the molecule is CCSCCC(NC(=O)c1cccc(Br)c1)C(=O)O. The molecule has 2 N–H and O–H groups in total. The van der Waals surface area contributed by atoms with Crippen molar-refractivity contribution in [1.29, 1.82) is 0 Å². The average molecular weight is 346 g/mol. The van der Waals surface area contributed by atoms with E-state index in [0.29, 0.717) is 17.7 Å². The lowest BCUT2D eigenvalue weighted by Gasteiger charge is -2.14. The molecule has 0 radical (unpaired) electrons. The molecule has 0 aliphatic rings. The highest BCUT2D eigenvalue weighted by molar-refractivity contribution is 9.10. The highest BCUT2D eigenvalue weighted by Crippen LogP contribution is 2.12. The monoisotopic (exact) mass is 345 g/mol. The minimum Gasteiger partial charge on any atom is -0.480 e. The van der Waals surface area contributed by atoms with Crippen LogP contribution in [0, 0.1) is 0 Å². The quantitative estimate of drug-likeness (QED) is 0.745. The summed E-state index contributed by atoms with van der Waals surface area (Å²) >= 11 is 4.93. The van der Waals surface area contributed by atoms with E-state index in [1.54, 1.807) is 30.0 Å². The molecule has 1 rings (SSSR count). The fraction of sp³-hybridized carbons (Fsp3) is 0.385. The molecule has 4 nitrogen and oxygen atoms in total. The van der Waals surface area contributed by atoms with E-state index in [4.69, 9.17) is 5.11 Å². The number of nitrogens with one attached hydrogen (secondary N) is 1. The van der Waals surface area contributed by atoms with Gasteiger partial charge in [0.15, 0.2) is 0 Å². The topological polar surface area (TPSA) is 66.4 Å². The number of carboxylic acid groups (broad SMARTS) is 1. The smallest absolute Gasteiger partial charge is 0.326 e. The first-order valence-electron chi connectivity index (χ1n) is 5.91. The normalized spacial score (nSPS) is 11.9. The second kappa shape index (κ2) is 8.22. The molecule has 1 aromatic rings. The van der Waals surface area contributed by atoms with Crippen LogP contribution < -0.4 is 5.32 Å². The fourth-order valence-electron chi connectivity index (χ4n) is 1.47. The lowest BCUT2D eigenvalue weighted by Crippen LogP contribution is -2.41. The minimum atomic E-state index is -1.000. The summed E-state index contributed by atoms with van der Waals surface area (Å²) < 4.78 is 0.786. The van der Waals surface area contributed by atoms with Gasteiger partial charge in [-0.2, -0.15) is 11.8 Å². The molecule has 6 heteroatoms. The van der Waals surface area contributed by atoms with Crippen molar-refractivity contribution in [2.24, 2.45) is 0 Å². The number of rotatable bonds is 7. The molecular formula is C13H16BrNO3S. The highest BCUT2D eigenvalue weighted by atomic mass is 79.9. The summed E-state index contributed by atoms with van der Waals surface area (Å²) in [4.78, 5) is 23.0. The summed E-state index contributed by atoms with van der Waals surface area (Å²) in [5.41, 5.74) is 0.448. The summed E-state index contributed by atoms with van der Waals surface area (Å²) in [5, 5.41) is 11.6. The Morgan fingerprint density at radius 3 is 2.79 bits per heavy atom. The molecule has 19 heavy (non-hydrogen) atoms. The van der Waals surface area contributed by atoms with Crippen molar-refractivity contribution >= 4 is 39.6 Å². The Hall–Kier alpha value is -1.01. The number of carbonyl (C=O) groups excluding carboxylic acids is 1. The molecule has 0 aliphatic heterocycles. The Balaban J connectivity index is 2.63. The molecule has 0 aromatic heterocycles. The zero-order valence-electron chi connectivity index (χ0n) is 10.6. The first kappa shape index (κ1) is 16.0. The second-order valence-electron chi connectivity index (χ2n) is 3.86. The number of halogens is 1. The van der Waals surface area contributed by atoms with Gasteiger partial charge < -0.3 is 10.4 Å². The van der Waals surface area contributed by atoms with E-state index in [0.717, 1.165) is 10.2 Å². The van der Waals surface area contributed by atoms with E-state index in [2.05, 4.69) is 21.2 Å². The van der Waals surface area contributed by atoms with E-state index in [1.165, 1.54) is 0 Å². The molecular weight excluding hydrogens is 330 g/mol. The van der Waals surface area contributed by atoms with Gasteiger partial charge in [0.1, 0.15) is 6.04 Å². The lowest BCUT2D eigenvalue weighted by molar-refractivity contribution is -0.139. The van der Waals surface area contributed by atoms with Crippen LogP contribution in [0.3, 0.4) is 0 Å². The van der Waals surface area contributed by atoms with Crippen LogP contribution in [0.5, 0.6) is 0 Å². The fourth-order valence-corrected chi connectivity index (χ4v) is 2.56. The third kappa shape index (κ3) is 5.65. The van der Waals surface area contributed by atoms with Crippen molar-refractivity contribution < 1.29 is 14.7 Å². The number of hydrogen-bond donors (Lipinski definition) is 2. The first-order valence-corrected chi connectivity index (χ1v) is 7.86. The van der Waals surface area contributed by atoms with E-state index in [-0.39, 0.29) is 5.91 Å². The van der Waals surface area contributed by atoms with Crippen LogP contribution in [0.4, 0.5) is 0 Å². The molecule has 1 atom stereocenters. The molecule has 0 saturated heterocycles. The average Bonchev–Trinajstić information content (AvgIpc) is 2.37. The molecule has 1 unspecified atom stereocenters. The highest BCUT2D eigenvalue weighted by Gasteiger charge is 2.20. The maximum Gasteiger partial charge on any atom is 0.326 e. The van der Waals surface area contributed by atoms with Crippen molar-refractivity contribution in [2.45, 2.75) is 19.4 Å². The van der Waals surface area contributed by atoms with Gasteiger partial charge in [0.25, 0.3) is 5.91 Å². The van der Waals surface area contributed by atoms with Crippen LogP contribution in [0.15, 0.2) is 28.7 Å². The number of amides is 1. The lowest BCUT2D eigenvalue weighted by atomic mass is 10.1. The number of carbonyl (C=O) groups is 2. The summed E-state index contributed by atoms with van der Waals surface area (Å²) in [7, 11) is 0. The van der Waals surface area contributed by atoms with Gasteiger partial charge in [0.05, 0.1) is 0 Å². The largest absolute Gasteiger partial charge is 0.480 e. The van der Waals surface area contributed by atoms with Gasteiger partial charge in [0, 0.05) is 10.0 Å². The summed E-state index contributed by atoms with van der Waals surface area (Å²) in [6, 6.07) is 6.02. The predicted octanol–water partition coefficient (Wildman–Crippen LogP) is 2.78. The molecule has 0 heterocycles. The molecule has 0 saturated carbocycles. The van der Waals surface area contributed by atoms with E-state index >= 15 is 0 Å². The van der Waals surface area contributed by atoms with Gasteiger partial charge in [-0.1, -0.05) is 28.9 Å². The zero-order valence-corrected chi connectivity index (χ0v) is 13.0. The molecule has 104 valence electrons. The standard InChI is InChI=1S/C13H16BrNO3S/c1-2-19-7-6-11(13(17)18)15-12(16)9-4-3-5-10(14)8-9/h3-5,8,11H,2,6-7H2,1H3,(H,15,16)(H,17,18). The predicted molar refractivity (Wildman–Crippen MR) is 80.6 cm³/mol. The molecule has 0 spiro atoms. The van der Waals surface area contributed by atoms with Crippen molar-refractivity contribution in [1.82, 2.24) is 5.32 Å². The Morgan fingerprint density at radius 1 is 1.47 bits per heavy atom. The Labute approximate surface area is 125 Å². The number of hydrogen-bond acceptors (Lipinski definition) is 3. The van der Waals surface area contributed by atoms with Crippen molar-refractivity contribution in [3.05, 3.63) is 34.3 Å². The summed E-state index contributed by atoms with van der Waals surface area (Å²) in [6.45, 7) is 2.01. The third-order valence-electron chi connectivity index (χ3n) is 2.45. The minimum absolute atomic E-state index is 0.366. The van der Waals surface area contributed by atoms with Gasteiger partial charge >= 0.3 is 5.97 Å². The molecule has 1 aromatic carbocycles. The van der Waals surface area contributed by atoms with Crippen LogP contribution >= 0.6 is 27.7 Å². The Bertz CT molecular complexity index is 453. The molecule has 1 amide bonds. The van der Waals surface area contributed by atoms with Gasteiger partial charge in [-0.05, 0) is 36.1 Å². The van der Waals surface area contributed by atoms with E-state index < -0.39 is 12.0 Å². The van der Waals surface area contributed by atoms with Crippen LogP contribution in [-0.2, 0) is 4.79 Å². The van der Waals surface area contributed by atoms with E-state index in [1.807, 2.05) is 13.0 Å². The molecule has 0 bridgehead atoms. The summed E-state index contributed by atoms with van der Waals surface area (Å²) in [6.07, 6.45) is 0.424. The molecule has 0 aliphatic carbocycles. The van der Waals surface area contributed by atoms with Gasteiger partial charge in [-0.3, -0.25) is 4.79 Å². The van der Waals surface area contributed by atoms with Crippen molar-refractivity contribution in [2.75, 3.05) is 11.5 Å². The number of thioether (sulfide) groups is 1. The van der Waals surface area contributed by atoms with Crippen molar-refractivity contribution in [3.63, 3.8) is 0 Å². The first-order chi connectivity index (χ1) is 9.04. The number of benzene rings is 1. The zero-order chi connectivity index (χ0) is 14.3. The van der Waals surface area contributed by atoms with Crippen LogP contribution in [0.1, 0.15) is 23.7 Å². The maximum absolute atomic E-state index is 11.9. The number of aliphatic carboxylic acids is 1. The van der Waals surface area contributed by atoms with E-state index in [9.17, 15) is 9.59 Å². The maximum atomic E-state index is 11.9. The summed E-state index contributed by atoms with van der Waals surface area (Å²) in [5.74, 6) is 0.285. The van der Waals surface area contributed by atoms with Crippen LogP contribution in [0.25, 0.3) is 0 Å². The second-order valence-corrected chi connectivity index (χ2v) is 6.17. The molecule has 0 fully saturated rings. The van der Waals surface area contributed by atoms with Gasteiger partial charge in [0.2, 0.25) is 0 Å². The number of carboxylic acids is 1. The Kier molecular flexibility index (Phi) is 6.94. The third-order valence-corrected chi connectivity index (χ3v) is 3.87. The van der Waals surface area contributed by atoms with Crippen LogP contribution in [-0.4, -0.2) is 34.5 Å². The van der Waals surface area contributed by atoms with Gasteiger partial charge in [-0.25, -0.2) is 4.79 Å².